The van der Waals surface area contributed by atoms with Crippen molar-refractivity contribution < 1.29 is 0 Å². The van der Waals surface area contributed by atoms with Gasteiger partial charge in [0.05, 0.1) is 11.4 Å². The van der Waals surface area contributed by atoms with E-state index in [0.29, 0.717) is 29.7 Å². The third-order valence-electron chi connectivity index (χ3n) is 7.54. The minimum atomic E-state index is 0.561. The number of anilines is 3. The molecule has 0 saturated heterocycles. The van der Waals surface area contributed by atoms with Crippen LogP contribution in [0.5, 0.6) is 0 Å². The zero-order valence-corrected chi connectivity index (χ0v) is 23.5. The second-order valence-electron chi connectivity index (χ2n) is 10.4. The molecule has 0 atom stereocenters. The Labute approximate surface area is 251 Å². The van der Waals surface area contributed by atoms with Gasteiger partial charge in [-0.05, 0) is 52.7 Å². The van der Waals surface area contributed by atoms with Crippen molar-refractivity contribution >= 4 is 27.8 Å². The summed E-state index contributed by atoms with van der Waals surface area (Å²) in [4.78, 5) is 17.3. The van der Waals surface area contributed by atoms with Crippen LogP contribution in [0.3, 0.4) is 0 Å². The summed E-state index contributed by atoms with van der Waals surface area (Å²) in [5, 5.41) is 2.27. The maximum absolute atomic E-state index is 6.55. The molecule has 0 aliphatic carbocycles. The summed E-state index contributed by atoms with van der Waals surface area (Å²) in [7, 11) is 0. The molecule has 5 heteroatoms. The first kappa shape index (κ1) is 26.1. The maximum Gasteiger partial charge on any atom is 0.164 e. The van der Waals surface area contributed by atoms with E-state index >= 15 is 0 Å². The van der Waals surface area contributed by atoms with Gasteiger partial charge in [-0.25, -0.2) is 15.0 Å². The second kappa shape index (κ2) is 11.6. The molecule has 0 saturated carbocycles. The number of aromatic nitrogens is 3. The van der Waals surface area contributed by atoms with Gasteiger partial charge in [0.25, 0.3) is 0 Å². The molecule has 7 aromatic rings. The van der Waals surface area contributed by atoms with Crippen molar-refractivity contribution in [1.29, 1.82) is 0 Å². The highest BCUT2D eigenvalue weighted by Crippen LogP contribution is 2.36. The Morgan fingerprint density at radius 2 is 0.977 bits per heavy atom. The Bertz CT molecular complexity index is 1950. The highest BCUT2D eigenvalue weighted by Gasteiger charge is 2.19. The molecule has 0 aliphatic heterocycles. The van der Waals surface area contributed by atoms with Crippen LogP contribution in [-0.2, 0) is 6.54 Å². The lowest BCUT2D eigenvalue weighted by molar-refractivity contribution is 0.973. The average molecular weight is 556 g/mol. The molecule has 0 radical (unpaired) electrons. The fourth-order valence-electron chi connectivity index (χ4n) is 5.38. The second-order valence-corrected chi connectivity index (χ2v) is 10.4. The standard InChI is InChI=1S/C38H29N5/c39-34-22-12-13-23-35(34)43(32-20-8-3-9-21-32)26-31-24-29-18-10-11-19-30(29)25-33(31)38-41-36(27-14-4-1-5-15-27)40-37(42-38)28-16-6-2-7-17-28/h1-25H,26,39H2. The number of fused-ring (bicyclic) bond motifs is 1. The number of rotatable bonds is 7. The Morgan fingerprint density at radius 3 is 1.58 bits per heavy atom. The first-order valence-electron chi connectivity index (χ1n) is 14.3. The number of benzene rings is 6. The van der Waals surface area contributed by atoms with Crippen LogP contribution in [0.2, 0.25) is 0 Å². The summed E-state index contributed by atoms with van der Waals surface area (Å²) in [5.41, 5.74) is 13.2. The van der Waals surface area contributed by atoms with E-state index in [4.69, 9.17) is 20.7 Å². The Kier molecular flexibility index (Phi) is 7.04. The molecule has 0 aliphatic rings. The third kappa shape index (κ3) is 5.44. The van der Waals surface area contributed by atoms with Crippen molar-refractivity contribution in [1.82, 2.24) is 15.0 Å². The lowest BCUT2D eigenvalue weighted by Gasteiger charge is -2.27. The monoisotopic (exact) mass is 555 g/mol. The van der Waals surface area contributed by atoms with E-state index in [2.05, 4.69) is 59.5 Å². The van der Waals surface area contributed by atoms with Crippen LogP contribution < -0.4 is 10.6 Å². The largest absolute Gasteiger partial charge is 0.397 e. The van der Waals surface area contributed by atoms with Crippen molar-refractivity contribution in [3.8, 4) is 34.2 Å². The molecule has 0 unspecified atom stereocenters. The van der Waals surface area contributed by atoms with Gasteiger partial charge >= 0.3 is 0 Å². The number of para-hydroxylation sites is 3. The summed E-state index contributed by atoms with van der Waals surface area (Å²) in [6.45, 7) is 0.561. The lowest BCUT2D eigenvalue weighted by atomic mass is 9.99. The SMILES string of the molecule is Nc1ccccc1N(Cc1cc2ccccc2cc1-c1nc(-c2ccccc2)nc(-c2ccccc2)n1)c1ccccc1. The number of hydrogen-bond donors (Lipinski definition) is 1. The molecule has 5 nitrogen and oxygen atoms in total. The highest BCUT2D eigenvalue weighted by atomic mass is 15.1. The summed E-state index contributed by atoms with van der Waals surface area (Å²) < 4.78 is 0. The van der Waals surface area contributed by atoms with Gasteiger partial charge < -0.3 is 10.6 Å². The van der Waals surface area contributed by atoms with E-state index in [-0.39, 0.29) is 0 Å². The van der Waals surface area contributed by atoms with Gasteiger partial charge in [-0.15, -0.1) is 0 Å². The van der Waals surface area contributed by atoms with E-state index in [1.54, 1.807) is 0 Å². The minimum absolute atomic E-state index is 0.561. The summed E-state index contributed by atoms with van der Waals surface area (Å²) in [6.07, 6.45) is 0. The predicted octanol–water partition coefficient (Wildman–Crippen LogP) is 8.95. The maximum atomic E-state index is 6.55. The Morgan fingerprint density at radius 1 is 0.488 bits per heavy atom. The van der Waals surface area contributed by atoms with E-state index in [0.717, 1.165) is 44.4 Å². The Balaban J connectivity index is 1.45. The van der Waals surface area contributed by atoms with E-state index < -0.39 is 0 Å². The molecule has 1 aromatic heterocycles. The molecule has 0 amide bonds. The van der Waals surface area contributed by atoms with Gasteiger partial charge in [0.15, 0.2) is 17.5 Å². The summed E-state index contributed by atoms with van der Waals surface area (Å²) in [5.74, 6) is 1.90. The number of nitrogen functional groups attached to an aromatic ring is 1. The molecule has 6 aromatic carbocycles. The van der Waals surface area contributed by atoms with Crippen molar-refractivity contribution in [2.24, 2.45) is 0 Å². The van der Waals surface area contributed by atoms with Gasteiger partial charge in [-0.3, -0.25) is 0 Å². The number of nitrogens with two attached hydrogens (primary N) is 1. The van der Waals surface area contributed by atoms with Gasteiger partial charge in [-0.2, -0.15) is 0 Å². The number of nitrogens with zero attached hydrogens (tertiary/aromatic N) is 4. The third-order valence-corrected chi connectivity index (χ3v) is 7.54. The topological polar surface area (TPSA) is 67.9 Å². The van der Waals surface area contributed by atoms with Crippen molar-refractivity contribution in [3.63, 3.8) is 0 Å². The van der Waals surface area contributed by atoms with Crippen LogP contribution in [-0.4, -0.2) is 15.0 Å². The fourth-order valence-corrected chi connectivity index (χ4v) is 5.38. The molecule has 7 rings (SSSR count). The molecule has 43 heavy (non-hydrogen) atoms. The summed E-state index contributed by atoms with van der Waals surface area (Å²) >= 11 is 0. The molecular weight excluding hydrogens is 526 g/mol. The molecule has 0 bridgehead atoms. The van der Waals surface area contributed by atoms with Crippen LogP contribution in [0, 0.1) is 0 Å². The first-order valence-corrected chi connectivity index (χ1v) is 14.3. The molecule has 2 N–H and O–H groups in total. The van der Waals surface area contributed by atoms with E-state index in [9.17, 15) is 0 Å². The zero-order valence-electron chi connectivity index (χ0n) is 23.5. The predicted molar refractivity (Wildman–Crippen MR) is 177 cm³/mol. The molecule has 1 heterocycles. The number of hydrogen-bond acceptors (Lipinski definition) is 5. The van der Waals surface area contributed by atoms with Gasteiger partial charge in [0.2, 0.25) is 0 Å². The van der Waals surface area contributed by atoms with Crippen LogP contribution in [0.25, 0.3) is 44.9 Å². The minimum Gasteiger partial charge on any atom is -0.397 e. The highest BCUT2D eigenvalue weighted by molar-refractivity contribution is 5.89. The quantitative estimate of drug-likeness (QED) is 0.199. The fraction of sp³-hybridized carbons (Fsp3) is 0.0263. The van der Waals surface area contributed by atoms with Crippen LogP contribution in [0.1, 0.15) is 5.56 Å². The smallest absolute Gasteiger partial charge is 0.164 e. The van der Waals surface area contributed by atoms with E-state index in [1.807, 2.05) is 97.1 Å². The van der Waals surface area contributed by atoms with Gasteiger partial charge in [-0.1, -0.05) is 115 Å². The molecular formula is C38H29N5. The van der Waals surface area contributed by atoms with Gasteiger partial charge in [0.1, 0.15) is 0 Å². The normalized spacial score (nSPS) is 11.0. The van der Waals surface area contributed by atoms with Crippen molar-refractivity contribution in [2.45, 2.75) is 6.54 Å². The molecule has 0 fully saturated rings. The van der Waals surface area contributed by atoms with Crippen molar-refractivity contribution in [3.05, 3.63) is 157 Å². The zero-order chi connectivity index (χ0) is 29.0. The van der Waals surface area contributed by atoms with Gasteiger partial charge in [0, 0.05) is 28.9 Å². The first-order chi connectivity index (χ1) is 21.2. The Hall–Kier alpha value is -5.81. The summed E-state index contributed by atoms with van der Waals surface area (Å²) in [6, 6.07) is 51.3. The average Bonchev–Trinajstić information content (AvgIpc) is 3.08. The van der Waals surface area contributed by atoms with Crippen LogP contribution in [0.4, 0.5) is 17.1 Å². The van der Waals surface area contributed by atoms with Crippen LogP contribution >= 0.6 is 0 Å². The molecule has 0 spiro atoms. The van der Waals surface area contributed by atoms with E-state index in [1.165, 1.54) is 0 Å². The molecule has 206 valence electrons. The lowest BCUT2D eigenvalue weighted by Crippen LogP contribution is -2.18. The van der Waals surface area contributed by atoms with Crippen molar-refractivity contribution in [2.75, 3.05) is 10.6 Å². The van der Waals surface area contributed by atoms with Crippen LogP contribution in [0.15, 0.2) is 152 Å².